The normalized spacial score (nSPS) is 13.4. The Morgan fingerprint density at radius 1 is 1.44 bits per heavy atom. The number of halogens is 1. The van der Waals surface area contributed by atoms with Gasteiger partial charge in [0, 0.05) is 22.6 Å². The molecule has 0 spiro atoms. The van der Waals surface area contributed by atoms with Gasteiger partial charge in [-0.1, -0.05) is 42.8 Å². The lowest BCUT2D eigenvalue weighted by Crippen LogP contribution is -2.39. The molecule has 1 aromatic rings. The van der Waals surface area contributed by atoms with Crippen LogP contribution in [-0.4, -0.2) is 18.0 Å². The van der Waals surface area contributed by atoms with Gasteiger partial charge in [0.15, 0.2) is 0 Å². The highest BCUT2D eigenvalue weighted by atomic mass is 79.9. The molecular formula is C13H19BrN2O2. The second-order valence-electron chi connectivity index (χ2n) is 5.44. The predicted octanol–water partition coefficient (Wildman–Crippen LogP) is 3.53. The van der Waals surface area contributed by atoms with Gasteiger partial charge in [0.05, 0.1) is 4.92 Å². The summed E-state index contributed by atoms with van der Waals surface area (Å²) in [6, 6.07) is 5.24. The molecule has 0 fully saturated rings. The number of non-ortho nitro benzene ring substituents is 1. The van der Waals surface area contributed by atoms with Crippen molar-refractivity contribution in [2.24, 2.45) is 5.41 Å². The second kappa shape index (κ2) is 5.80. The largest absolute Gasteiger partial charge is 0.316 e. The Kier molecular flexibility index (Phi) is 4.87. The number of nitro groups is 1. The lowest BCUT2D eigenvalue weighted by atomic mass is 9.83. The zero-order chi connectivity index (χ0) is 13.9. The molecule has 0 saturated heterocycles. The fourth-order valence-electron chi connectivity index (χ4n) is 1.88. The van der Waals surface area contributed by atoms with E-state index >= 15 is 0 Å². The second-order valence-corrected chi connectivity index (χ2v) is 6.30. The molecule has 5 heteroatoms. The predicted molar refractivity (Wildman–Crippen MR) is 76.8 cm³/mol. The van der Waals surface area contributed by atoms with E-state index in [4.69, 9.17) is 0 Å². The van der Waals surface area contributed by atoms with Gasteiger partial charge in [0.2, 0.25) is 0 Å². The molecule has 18 heavy (non-hydrogen) atoms. The highest BCUT2D eigenvalue weighted by Crippen LogP contribution is 2.28. The molecule has 0 aromatic heterocycles. The molecule has 0 bridgehead atoms. The molecule has 1 aromatic carbocycles. The van der Waals surface area contributed by atoms with Gasteiger partial charge in [-0.25, -0.2) is 0 Å². The van der Waals surface area contributed by atoms with E-state index in [0.717, 1.165) is 16.5 Å². The number of rotatable bonds is 4. The molecule has 100 valence electrons. The van der Waals surface area contributed by atoms with Crippen LogP contribution < -0.4 is 5.32 Å². The summed E-state index contributed by atoms with van der Waals surface area (Å²) in [5.74, 6) is 0. The Morgan fingerprint density at radius 2 is 2.06 bits per heavy atom. The Labute approximate surface area is 116 Å². The smallest absolute Gasteiger partial charge is 0.270 e. The molecule has 0 amide bonds. The topological polar surface area (TPSA) is 55.2 Å². The number of hydrogen-bond acceptors (Lipinski definition) is 3. The van der Waals surface area contributed by atoms with Crippen molar-refractivity contribution < 1.29 is 4.92 Å². The van der Waals surface area contributed by atoms with Crippen LogP contribution in [0.5, 0.6) is 0 Å². The zero-order valence-corrected chi connectivity index (χ0v) is 12.7. The van der Waals surface area contributed by atoms with Crippen molar-refractivity contribution >= 4 is 21.6 Å². The third kappa shape index (κ3) is 3.78. The average Bonchev–Trinajstić information content (AvgIpc) is 2.25. The lowest BCUT2D eigenvalue weighted by Gasteiger charge is -2.30. The molecule has 0 aliphatic rings. The van der Waals surface area contributed by atoms with Gasteiger partial charge >= 0.3 is 0 Å². The molecule has 1 N–H and O–H groups in total. The number of hydrogen-bond donors (Lipinski definition) is 1. The van der Waals surface area contributed by atoms with E-state index in [9.17, 15) is 10.1 Å². The van der Waals surface area contributed by atoms with Crippen LogP contribution in [0, 0.1) is 15.5 Å². The quantitative estimate of drug-likeness (QED) is 0.683. The van der Waals surface area contributed by atoms with Crippen LogP contribution in [0.1, 0.15) is 26.3 Å². The summed E-state index contributed by atoms with van der Waals surface area (Å²) in [6.45, 7) is 6.52. The third-order valence-electron chi connectivity index (χ3n) is 3.07. The highest BCUT2D eigenvalue weighted by Gasteiger charge is 2.24. The van der Waals surface area contributed by atoms with Crippen LogP contribution in [0.15, 0.2) is 22.7 Å². The number of nitrogens with one attached hydrogen (secondary N) is 1. The molecule has 0 aliphatic carbocycles. The summed E-state index contributed by atoms with van der Waals surface area (Å²) >= 11 is 3.41. The number of likely N-dealkylation sites (N-methyl/N-ethyl adjacent to an activating group) is 1. The Hall–Kier alpha value is -0.940. The van der Waals surface area contributed by atoms with Gasteiger partial charge in [-0.3, -0.25) is 10.1 Å². The van der Waals surface area contributed by atoms with E-state index in [-0.39, 0.29) is 16.0 Å². The summed E-state index contributed by atoms with van der Waals surface area (Å²) in [5, 5.41) is 14.0. The van der Waals surface area contributed by atoms with Gasteiger partial charge in [0.1, 0.15) is 0 Å². The molecule has 0 aliphatic heterocycles. The van der Waals surface area contributed by atoms with Gasteiger partial charge in [-0.05, 0) is 24.4 Å². The van der Waals surface area contributed by atoms with E-state index < -0.39 is 0 Å². The summed E-state index contributed by atoms with van der Waals surface area (Å²) in [5.41, 5.74) is 1.33. The van der Waals surface area contributed by atoms with Crippen molar-refractivity contribution in [3.63, 3.8) is 0 Å². The number of nitro benzene ring substituents is 1. The van der Waals surface area contributed by atoms with Crippen molar-refractivity contribution in [2.75, 3.05) is 7.05 Å². The summed E-state index contributed by atoms with van der Waals surface area (Å²) in [6.07, 6.45) is 0.832. The van der Waals surface area contributed by atoms with Gasteiger partial charge in [-0.15, -0.1) is 0 Å². The Morgan fingerprint density at radius 3 is 2.44 bits per heavy atom. The Balaban J connectivity index is 2.95. The maximum Gasteiger partial charge on any atom is 0.270 e. The summed E-state index contributed by atoms with van der Waals surface area (Å²) < 4.78 is 0.793. The van der Waals surface area contributed by atoms with E-state index in [2.05, 4.69) is 42.0 Å². The van der Waals surface area contributed by atoms with E-state index in [1.54, 1.807) is 12.1 Å². The van der Waals surface area contributed by atoms with Crippen LogP contribution in [-0.2, 0) is 6.42 Å². The standard InChI is InChI=1S/C13H19BrN2O2/c1-13(2,3)12(15-4)7-9-5-6-10(16(17)18)8-11(9)14/h5-6,8,12,15H,7H2,1-4H3. The zero-order valence-electron chi connectivity index (χ0n) is 11.2. The van der Waals surface area contributed by atoms with Crippen molar-refractivity contribution in [1.29, 1.82) is 0 Å². The van der Waals surface area contributed by atoms with Crippen molar-refractivity contribution in [2.45, 2.75) is 33.2 Å². The average molecular weight is 315 g/mol. The first kappa shape index (κ1) is 15.1. The molecule has 0 saturated carbocycles. The highest BCUT2D eigenvalue weighted by molar-refractivity contribution is 9.10. The number of nitrogens with zero attached hydrogens (tertiary/aromatic N) is 1. The van der Waals surface area contributed by atoms with Crippen molar-refractivity contribution in [1.82, 2.24) is 5.32 Å². The first-order valence-electron chi connectivity index (χ1n) is 5.85. The van der Waals surface area contributed by atoms with E-state index in [1.165, 1.54) is 0 Å². The summed E-state index contributed by atoms with van der Waals surface area (Å²) in [4.78, 5) is 10.3. The SMILES string of the molecule is CNC(Cc1ccc([N+](=O)[O-])cc1Br)C(C)(C)C. The minimum Gasteiger partial charge on any atom is -0.316 e. The lowest BCUT2D eigenvalue weighted by molar-refractivity contribution is -0.384. The molecule has 0 radical (unpaired) electrons. The van der Waals surface area contributed by atoms with Crippen LogP contribution in [0.25, 0.3) is 0 Å². The first-order valence-corrected chi connectivity index (χ1v) is 6.65. The molecule has 1 atom stereocenters. The molecule has 4 nitrogen and oxygen atoms in total. The van der Waals surface area contributed by atoms with Crippen LogP contribution in [0.4, 0.5) is 5.69 Å². The fourth-order valence-corrected chi connectivity index (χ4v) is 2.41. The van der Waals surface area contributed by atoms with Gasteiger partial charge in [-0.2, -0.15) is 0 Å². The summed E-state index contributed by atoms with van der Waals surface area (Å²) in [7, 11) is 1.94. The maximum absolute atomic E-state index is 10.7. The Bertz CT molecular complexity index is 441. The van der Waals surface area contributed by atoms with Crippen molar-refractivity contribution in [3.8, 4) is 0 Å². The fraction of sp³-hybridized carbons (Fsp3) is 0.538. The van der Waals surface area contributed by atoms with Crippen LogP contribution >= 0.6 is 15.9 Å². The molecular weight excluding hydrogens is 296 g/mol. The third-order valence-corrected chi connectivity index (χ3v) is 3.80. The van der Waals surface area contributed by atoms with Crippen molar-refractivity contribution in [3.05, 3.63) is 38.3 Å². The van der Waals surface area contributed by atoms with Crippen LogP contribution in [0.2, 0.25) is 0 Å². The minimum atomic E-state index is -0.381. The first-order chi connectivity index (χ1) is 8.25. The molecule has 1 rings (SSSR count). The molecule has 1 unspecified atom stereocenters. The van der Waals surface area contributed by atoms with Crippen LogP contribution in [0.3, 0.4) is 0 Å². The van der Waals surface area contributed by atoms with E-state index in [0.29, 0.717) is 6.04 Å². The number of benzene rings is 1. The monoisotopic (exact) mass is 314 g/mol. The molecule has 0 heterocycles. The van der Waals surface area contributed by atoms with E-state index in [1.807, 2.05) is 13.1 Å². The maximum atomic E-state index is 10.7. The van der Waals surface area contributed by atoms with Gasteiger partial charge in [0.25, 0.3) is 5.69 Å². The van der Waals surface area contributed by atoms with Gasteiger partial charge < -0.3 is 5.32 Å². The minimum absolute atomic E-state index is 0.113.